The average molecular weight is 569 g/mol. The Morgan fingerprint density at radius 1 is 1.20 bits per heavy atom. The molecule has 3 aliphatic rings. The number of piperidine rings is 1. The van der Waals surface area contributed by atoms with Crippen LogP contribution in [0.1, 0.15) is 68.8 Å². The summed E-state index contributed by atoms with van der Waals surface area (Å²) in [6.07, 6.45) is -3.19. The number of hydrogen-bond acceptors (Lipinski definition) is 5. The van der Waals surface area contributed by atoms with Crippen LogP contribution < -0.4 is 15.0 Å². The van der Waals surface area contributed by atoms with Crippen LogP contribution >= 0.6 is 0 Å². The summed E-state index contributed by atoms with van der Waals surface area (Å²) in [7, 11) is 0. The standard InChI is InChI=1S/C27H35F3N4O6/c1-4-22(35)31-9-11-33-20-12-18(19(27(28,29)30)13-21(20)40-26(2,3)24(33)37)23(36)34(14-16-7-8-16)17-6-5-10-32(15-17)25(38)39/h12-13,16-17H,4-11,14-15H2,1-3H3,(H,31,35)(H,38,39)/t17-/m1/s1. The molecule has 0 radical (unpaired) electrons. The summed E-state index contributed by atoms with van der Waals surface area (Å²) < 4.78 is 48.8. The van der Waals surface area contributed by atoms with Crippen molar-refractivity contribution < 1.29 is 42.2 Å². The number of rotatable bonds is 8. The van der Waals surface area contributed by atoms with Crippen LogP contribution in [0.15, 0.2) is 12.1 Å². The summed E-state index contributed by atoms with van der Waals surface area (Å²) in [5, 5.41) is 12.1. The number of carbonyl (C=O) groups excluding carboxylic acids is 3. The van der Waals surface area contributed by atoms with Gasteiger partial charge in [-0.25, -0.2) is 4.79 Å². The van der Waals surface area contributed by atoms with Crippen LogP contribution in [0.5, 0.6) is 5.75 Å². The number of nitrogens with one attached hydrogen (secondary N) is 1. The first-order valence-corrected chi connectivity index (χ1v) is 13.5. The topological polar surface area (TPSA) is 119 Å². The Morgan fingerprint density at radius 2 is 1.90 bits per heavy atom. The quantitative estimate of drug-likeness (QED) is 0.493. The van der Waals surface area contributed by atoms with Gasteiger partial charge in [-0.3, -0.25) is 14.4 Å². The van der Waals surface area contributed by atoms with Crippen LogP contribution in [0.2, 0.25) is 0 Å². The number of benzene rings is 1. The van der Waals surface area contributed by atoms with Gasteiger partial charge in [-0.15, -0.1) is 0 Å². The third kappa shape index (κ3) is 6.28. The molecule has 1 aliphatic carbocycles. The molecule has 10 nitrogen and oxygen atoms in total. The molecule has 220 valence electrons. The van der Waals surface area contributed by atoms with Gasteiger partial charge in [0, 0.05) is 45.2 Å². The van der Waals surface area contributed by atoms with Crippen LogP contribution in [-0.2, 0) is 15.8 Å². The summed E-state index contributed by atoms with van der Waals surface area (Å²) in [6.45, 7) is 5.10. The van der Waals surface area contributed by atoms with Crippen molar-refractivity contribution in [2.24, 2.45) is 5.92 Å². The molecule has 1 saturated heterocycles. The molecule has 40 heavy (non-hydrogen) atoms. The molecular weight excluding hydrogens is 533 g/mol. The number of halogens is 3. The molecule has 4 rings (SSSR count). The molecule has 0 aromatic heterocycles. The number of ether oxygens (including phenoxy) is 1. The van der Waals surface area contributed by atoms with E-state index >= 15 is 0 Å². The van der Waals surface area contributed by atoms with Crippen molar-refractivity contribution in [1.29, 1.82) is 0 Å². The summed E-state index contributed by atoms with van der Waals surface area (Å²) in [4.78, 5) is 54.4. The zero-order chi connectivity index (χ0) is 29.4. The van der Waals surface area contributed by atoms with E-state index in [1.54, 1.807) is 6.92 Å². The fraction of sp³-hybridized carbons (Fsp3) is 0.630. The van der Waals surface area contributed by atoms with E-state index in [-0.39, 0.29) is 55.9 Å². The van der Waals surface area contributed by atoms with Crippen molar-refractivity contribution in [2.75, 3.05) is 37.6 Å². The Bertz CT molecular complexity index is 1180. The minimum absolute atomic E-state index is 0.00796. The molecule has 0 spiro atoms. The average Bonchev–Trinajstić information content (AvgIpc) is 3.72. The number of anilines is 1. The number of fused-ring (bicyclic) bond motifs is 1. The van der Waals surface area contributed by atoms with E-state index in [2.05, 4.69) is 5.32 Å². The molecule has 1 atom stereocenters. The maximum Gasteiger partial charge on any atom is 0.417 e. The van der Waals surface area contributed by atoms with E-state index < -0.39 is 46.9 Å². The SMILES string of the molecule is CCC(=O)NCCN1C(=O)C(C)(C)Oc2cc(C(F)(F)F)c(C(=O)N(CC3CC3)[C@@H]3CCCN(C(=O)O)C3)cc21. The lowest BCUT2D eigenvalue weighted by molar-refractivity contribution is -0.138. The Balaban J connectivity index is 1.76. The van der Waals surface area contributed by atoms with Gasteiger partial charge in [0.15, 0.2) is 5.60 Å². The highest BCUT2D eigenvalue weighted by molar-refractivity contribution is 6.05. The third-order valence-electron chi connectivity index (χ3n) is 7.55. The highest BCUT2D eigenvalue weighted by Gasteiger charge is 2.45. The van der Waals surface area contributed by atoms with Gasteiger partial charge in [-0.2, -0.15) is 13.2 Å². The first-order valence-electron chi connectivity index (χ1n) is 13.5. The minimum Gasteiger partial charge on any atom is -0.476 e. The molecule has 2 fully saturated rings. The first-order chi connectivity index (χ1) is 18.7. The summed E-state index contributed by atoms with van der Waals surface area (Å²) in [5.41, 5.74) is -3.28. The maximum absolute atomic E-state index is 14.4. The van der Waals surface area contributed by atoms with Crippen molar-refractivity contribution in [2.45, 2.75) is 70.7 Å². The predicted molar refractivity (Wildman–Crippen MR) is 138 cm³/mol. The fourth-order valence-corrected chi connectivity index (χ4v) is 5.19. The van der Waals surface area contributed by atoms with Gasteiger partial charge in [-0.1, -0.05) is 6.92 Å². The van der Waals surface area contributed by atoms with Crippen molar-refractivity contribution in [3.05, 3.63) is 23.3 Å². The van der Waals surface area contributed by atoms with E-state index in [1.807, 2.05) is 0 Å². The van der Waals surface area contributed by atoms with E-state index in [4.69, 9.17) is 4.74 Å². The zero-order valence-electron chi connectivity index (χ0n) is 22.8. The van der Waals surface area contributed by atoms with Crippen LogP contribution in [0.3, 0.4) is 0 Å². The Hall–Kier alpha value is -3.51. The molecular formula is C27H35F3N4O6. The molecule has 2 N–H and O–H groups in total. The van der Waals surface area contributed by atoms with Gasteiger partial charge >= 0.3 is 12.3 Å². The first kappa shape index (κ1) is 29.5. The smallest absolute Gasteiger partial charge is 0.417 e. The second kappa shape index (κ2) is 11.2. The Morgan fingerprint density at radius 3 is 2.50 bits per heavy atom. The molecule has 4 amide bonds. The van der Waals surface area contributed by atoms with Crippen molar-refractivity contribution in [1.82, 2.24) is 15.1 Å². The third-order valence-corrected chi connectivity index (χ3v) is 7.55. The number of carbonyl (C=O) groups is 4. The maximum atomic E-state index is 14.4. The van der Waals surface area contributed by atoms with Gasteiger partial charge in [-0.05, 0) is 57.6 Å². The predicted octanol–water partition coefficient (Wildman–Crippen LogP) is 3.73. The minimum atomic E-state index is -4.90. The van der Waals surface area contributed by atoms with Crippen LogP contribution in [-0.4, -0.2) is 83.1 Å². The van der Waals surface area contributed by atoms with E-state index in [0.717, 1.165) is 25.0 Å². The molecule has 1 aromatic rings. The van der Waals surface area contributed by atoms with Crippen molar-refractivity contribution in [3.8, 4) is 5.75 Å². The zero-order valence-corrected chi connectivity index (χ0v) is 22.8. The second-order valence-corrected chi connectivity index (χ2v) is 11.1. The van der Waals surface area contributed by atoms with Crippen molar-refractivity contribution in [3.63, 3.8) is 0 Å². The number of amides is 4. The van der Waals surface area contributed by atoms with Gasteiger partial charge in [0.1, 0.15) is 5.75 Å². The van der Waals surface area contributed by atoms with Gasteiger partial charge in [0.25, 0.3) is 11.8 Å². The largest absolute Gasteiger partial charge is 0.476 e. The van der Waals surface area contributed by atoms with Crippen LogP contribution in [0, 0.1) is 5.92 Å². The summed E-state index contributed by atoms with van der Waals surface area (Å²) in [6, 6.07) is 1.23. The fourth-order valence-electron chi connectivity index (χ4n) is 5.19. The van der Waals surface area contributed by atoms with E-state index in [0.29, 0.717) is 19.4 Å². The van der Waals surface area contributed by atoms with Crippen LogP contribution in [0.25, 0.3) is 0 Å². The Kier molecular flexibility index (Phi) is 8.23. The molecule has 2 heterocycles. The molecule has 0 unspecified atom stereocenters. The summed E-state index contributed by atoms with van der Waals surface area (Å²) >= 11 is 0. The second-order valence-electron chi connectivity index (χ2n) is 11.1. The molecule has 2 aliphatic heterocycles. The lowest BCUT2D eigenvalue weighted by Gasteiger charge is -2.40. The summed E-state index contributed by atoms with van der Waals surface area (Å²) in [5.74, 6) is -1.69. The van der Waals surface area contributed by atoms with E-state index in [9.17, 15) is 37.5 Å². The number of carboxylic acid groups (broad SMARTS) is 1. The highest BCUT2D eigenvalue weighted by atomic mass is 19.4. The van der Waals surface area contributed by atoms with Gasteiger partial charge in [0.05, 0.1) is 16.8 Å². The van der Waals surface area contributed by atoms with Crippen LogP contribution in [0.4, 0.5) is 23.7 Å². The number of nitrogens with zero attached hydrogens (tertiary/aromatic N) is 3. The molecule has 13 heteroatoms. The van der Waals surface area contributed by atoms with Gasteiger partial charge in [0.2, 0.25) is 5.91 Å². The lowest BCUT2D eigenvalue weighted by Crippen LogP contribution is -2.54. The number of hydrogen-bond donors (Lipinski definition) is 2. The Labute approximate surface area is 230 Å². The highest BCUT2D eigenvalue weighted by Crippen LogP contribution is 2.44. The van der Waals surface area contributed by atoms with Crippen molar-refractivity contribution >= 4 is 29.5 Å². The van der Waals surface area contributed by atoms with E-state index in [1.165, 1.54) is 28.5 Å². The van der Waals surface area contributed by atoms with Gasteiger partial charge < -0.3 is 29.9 Å². The lowest BCUT2D eigenvalue weighted by atomic mass is 9.97. The monoisotopic (exact) mass is 568 g/mol. The molecule has 0 bridgehead atoms. The molecule has 1 aromatic carbocycles. The normalized spacial score (nSPS) is 20.4. The number of alkyl halides is 3. The molecule has 1 saturated carbocycles. The number of likely N-dealkylation sites (tertiary alicyclic amines) is 1.